The summed E-state index contributed by atoms with van der Waals surface area (Å²) in [7, 11) is 0. The van der Waals surface area contributed by atoms with Crippen molar-refractivity contribution < 1.29 is 9.84 Å². The minimum atomic E-state index is 0.260. The van der Waals surface area contributed by atoms with E-state index in [-0.39, 0.29) is 11.9 Å². The van der Waals surface area contributed by atoms with E-state index in [1.54, 1.807) is 12.1 Å². The quantitative estimate of drug-likeness (QED) is 0.925. The van der Waals surface area contributed by atoms with Gasteiger partial charge in [0.15, 0.2) is 0 Å². The minimum absolute atomic E-state index is 0.260. The smallest absolute Gasteiger partial charge is 0.119 e. The van der Waals surface area contributed by atoms with E-state index < -0.39 is 0 Å². The second kappa shape index (κ2) is 6.73. The fraction of sp³-hybridized carbons (Fsp3) is 0.368. The van der Waals surface area contributed by atoms with Crippen LogP contribution in [-0.4, -0.2) is 24.3 Å². The van der Waals surface area contributed by atoms with E-state index >= 15 is 0 Å². The van der Waals surface area contributed by atoms with Crippen LogP contribution >= 0.6 is 0 Å². The van der Waals surface area contributed by atoms with Crippen LogP contribution in [0.5, 0.6) is 11.5 Å². The summed E-state index contributed by atoms with van der Waals surface area (Å²) in [6, 6.07) is 15.9. The van der Waals surface area contributed by atoms with Crippen molar-refractivity contribution in [3.05, 3.63) is 54.1 Å². The van der Waals surface area contributed by atoms with Crippen molar-refractivity contribution in [1.82, 2.24) is 0 Å². The van der Waals surface area contributed by atoms with Crippen molar-refractivity contribution in [3.8, 4) is 11.5 Å². The van der Waals surface area contributed by atoms with Gasteiger partial charge in [0.1, 0.15) is 17.6 Å². The highest BCUT2D eigenvalue weighted by atomic mass is 16.5. The van der Waals surface area contributed by atoms with E-state index in [9.17, 15) is 5.11 Å². The van der Waals surface area contributed by atoms with Gasteiger partial charge in [-0.25, -0.2) is 0 Å². The normalized spacial score (nSPS) is 15.8. The molecule has 3 heteroatoms. The Balaban J connectivity index is 1.54. The molecule has 0 saturated carbocycles. The number of hydrogen-bond donors (Lipinski definition) is 1. The van der Waals surface area contributed by atoms with Gasteiger partial charge in [-0.05, 0) is 48.4 Å². The van der Waals surface area contributed by atoms with Gasteiger partial charge in [0.25, 0.3) is 0 Å². The van der Waals surface area contributed by atoms with Crippen LogP contribution in [-0.2, 0) is 6.42 Å². The molecule has 1 N–H and O–H groups in total. The fourth-order valence-corrected chi connectivity index (χ4v) is 2.89. The molecule has 0 aliphatic carbocycles. The van der Waals surface area contributed by atoms with Gasteiger partial charge in [0.05, 0.1) is 0 Å². The molecule has 0 spiro atoms. The predicted octanol–water partition coefficient (Wildman–Crippen LogP) is 4.00. The molecule has 116 valence electrons. The van der Waals surface area contributed by atoms with Crippen LogP contribution in [0.15, 0.2) is 48.5 Å². The maximum absolute atomic E-state index is 9.30. The van der Waals surface area contributed by atoms with Gasteiger partial charge in [-0.2, -0.15) is 0 Å². The molecular weight excluding hydrogens is 274 g/mol. The number of benzene rings is 2. The zero-order valence-corrected chi connectivity index (χ0v) is 13.0. The lowest BCUT2D eigenvalue weighted by Crippen LogP contribution is -2.38. The molecule has 3 rings (SSSR count). The average molecular weight is 297 g/mol. The molecule has 2 aromatic carbocycles. The highest BCUT2D eigenvalue weighted by Crippen LogP contribution is 2.24. The standard InChI is InChI=1S/C19H23NO2/c1-2-15-3-5-16(6-4-15)20-13-11-19(12-14-20)22-18-9-7-17(21)8-10-18/h3-10,19,21H,2,11-14H2,1H3. The second-order valence-electron chi connectivity index (χ2n) is 5.82. The number of nitrogens with zero attached hydrogens (tertiary/aromatic N) is 1. The Hall–Kier alpha value is -2.16. The summed E-state index contributed by atoms with van der Waals surface area (Å²) in [6.07, 6.45) is 3.39. The van der Waals surface area contributed by atoms with Crippen LogP contribution in [0, 0.1) is 0 Å². The number of aryl methyl sites for hydroxylation is 1. The van der Waals surface area contributed by atoms with Crippen molar-refractivity contribution in [2.75, 3.05) is 18.0 Å². The number of anilines is 1. The summed E-state index contributed by atoms with van der Waals surface area (Å²) in [4.78, 5) is 2.43. The van der Waals surface area contributed by atoms with Crippen LogP contribution in [0.25, 0.3) is 0 Å². The molecule has 1 aliphatic rings. The van der Waals surface area contributed by atoms with Crippen LogP contribution in [0.1, 0.15) is 25.3 Å². The minimum Gasteiger partial charge on any atom is -0.508 e. The molecule has 0 amide bonds. The van der Waals surface area contributed by atoms with Crippen molar-refractivity contribution in [2.24, 2.45) is 0 Å². The number of rotatable bonds is 4. The third-order valence-electron chi connectivity index (χ3n) is 4.29. The van der Waals surface area contributed by atoms with Crippen LogP contribution < -0.4 is 9.64 Å². The van der Waals surface area contributed by atoms with Crippen LogP contribution in [0.3, 0.4) is 0 Å². The Morgan fingerprint density at radius 3 is 2.23 bits per heavy atom. The first kappa shape index (κ1) is 14.8. The predicted molar refractivity (Wildman–Crippen MR) is 89.8 cm³/mol. The number of piperidine rings is 1. The van der Waals surface area contributed by atoms with Gasteiger partial charge in [-0.1, -0.05) is 19.1 Å². The Bertz CT molecular complexity index is 584. The first-order valence-electron chi connectivity index (χ1n) is 8.04. The molecule has 0 aromatic heterocycles. The van der Waals surface area contributed by atoms with Crippen molar-refractivity contribution in [2.45, 2.75) is 32.3 Å². The molecule has 0 unspecified atom stereocenters. The molecule has 1 heterocycles. The van der Waals surface area contributed by atoms with Gasteiger partial charge in [-0.15, -0.1) is 0 Å². The highest BCUT2D eigenvalue weighted by molar-refractivity contribution is 5.48. The maximum atomic E-state index is 9.30. The van der Waals surface area contributed by atoms with Gasteiger partial charge >= 0.3 is 0 Å². The molecule has 2 aromatic rings. The van der Waals surface area contributed by atoms with Crippen molar-refractivity contribution >= 4 is 5.69 Å². The van der Waals surface area contributed by atoms with Gasteiger partial charge in [0.2, 0.25) is 0 Å². The molecule has 0 bridgehead atoms. The number of aromatic hydroxyl groups is 1. The van der Waals surface area contributed by atoms with E-state index in [2.05, 4.69) is 36.1 Å². The number of phenols is 1. The number of hydrogen-bond acceptors (Lipinski definition) is 3. The summed E-state index contributed by atoms with van der Waals surface area (Å²) in [5, 5.41) is 9.30. The number of ether oxygens (including phenoxy) is 1. The molecule has 22 heavy (non-hydrogen) atoms. The molecule has 3 nitrogen and oxygen atoms in total. The first-order chi connectivity index (χ1) is 10.7. The fourth-order valence-electron chi connectivity index (χ4n) is 2.89. The summed E-state index contributed by atoms with van der Waals surface area (Å²) in [5.74, 6) is 1.11. The lowest BCUT2D eigenvalue weighted by atomic mass is 10.1. The summed E-state index contributed by atoms with van der Waals surface area (Å²) < 4.78 is 5.99. The molecule has 1 saturated heterocycles. The van der Waals surface area contributed by atoms with E-state index in [0.717, 1.165) is 38.1 Å². The van der Waals surface area contributed by atoms with Crippen molar-refractivity contribution in [1.29, 1.82) is 0 Å². The highest BCUT2D eigenvalue weighted by Gasteiger charge is 2.20. The zero-order valence-electron chi connectivity index (χ0n) is 13.0. The molecule has 0 radical (unpaired) electrons. The summed E-state index contributed by atoms with van der Waals surface area (Å²) in [5.41, 5.74) is 2.69. The monoisotopic (exact) mass is 297 g/mol. The van der Waals surface area contributed by atoms with Gasteiger partial charge < -0.3 is 14.7 Å². The third-order valence-corrected chi connectivity index (χ3v) is 4.29. The zero-order chi connectivity index (χ0) is 15.4. The Labute approximate surface area is 132 Å². The van der Waals surface area contributed by atoms with Crippen LogP contribution in [0.2, 0.25) is 0 Å². The largest absolute Gasteiger partial charge is 0.508 e. The number of phenolic OH excluding ortho intramolecular Hbond substituents is 1. The molecule has 1 fully saturated rings. The Morgan fingerprint density at radius 2 is 1.64 bits per heavy atom. The SMILES string of the molecule is CCc1ccc(N2CCC(Oc3ccc(O)cc3)CC2)cc1. The Kier molecular flexibility index (Phi) is 4.52. The lowest BCUT2D eigenvalue weighted by molar-refractivity contribution is 0.171. The average Bonchev–Trinajstić information content (AvgIpc) is 2.58. The second-order valence-corrected chi connectivity index (χ2v) is 5.82. The maximum Gasteiger partial charge on any atom is 0.119 e. The van der Waals surface area contributed by atoms with E-state index in [1.807, 2.05) is 12.1 Å². The van der Waals surface area contributed by atoms with Crippen molar-refractivity contribution in [3.63, 3.8) is 0 Å². The van der Waals surface area contributed by atoms with E-state index in [1.165, 1.54) is 11.3 Å². The van der Waals surface area contributed by atoms with Gasteiger partial charge in [0, 0.05) is 31.6 Å². The van der Waals surface area contributed by atoms with E-state index in [0.29, 0.717) is 0 Å². The summed E-state index contributed by atoms with van der Waals surface area (Å²) in [6.45, 7) is 4.23. The first-order valence-corrected chi connectivity index (χ1v) is 8.04. The summed E-state index contributed by atoms with van der Waals surface area (Å²) >= 11 is 0. The Morgan fingerprint density at radius 1 is 1.00 bits per heavy atom. The molecule has 0 atom stereocenters. The molecular formula is C19H23NO2. The van der Waals surface area contributed by atoms with Crippen LogP contribution in [0.4, 0.5) is 5.69 Å². The van der Waals surface area contributed by atoms with E-state index in [4.69, 9.17) is 4.74 Å². The molecule has 1 aliphatic heterocycles. The third kappa shape index (κ3) is 3.53. The topological polar surface area (TPSA) is 32.7 Å². The lowest BCUT2D eigenvalue weighted by Gasteiger charge is -2.33. The van der Waals surface area contributed by atoms with Gasteiger partial charge in [-0.3, -0.25) is 0 Å².